The molecule has 4 bridgehead atoms. The van der Waals surface area contributed by atoms with Gasteiger partial charge in [-0.15, -0.1) is 0 Å². The Labute approximate surface area is 194 Å². The molecular formula is C26H33NO6. The molecule has 2 atom stereocenters. The summed E-state index contributed by atoms with van der Waals surface area (Å²) in [5.41, 5.74) is 6.27. The smallest absolute Gasteiger partial charge is 0.311 e. The molecule has 33 heavy (non-hydrogen) atoms. The van der Waals surface area contributed by atoms with E-state index < -0.39 is 23.5 Å². The van der Waals surface area contributed by atoms with Gasteiger partial charge in [-0.25, -0.2) is 0 Å². The molecule has 5 aliphatic carbocycles. The van der Waals surface area contributed by atoms with E-state index in [4.69, 9.17) is 25.0 Å². The third kappa shape index (κ3) is 3.88. The molecule has 1 unspecified atom stereocenters. The lowest BCUT2D eigenvalue weighted by atomic mass is 9.53. The van der Waals surface area contributed by atoms with E-state index in [-0.39, 0.29) is 12.8 Å². The van der Waals surface area contributed by atoms with Gasteiger partial charge >= 0.3 is 5.97 Å². The number of hydrogen-bond acceptors (Lipinski definition) is 6. The Morgan fingerprint density at radius 3 is 2.33 bits per heavy atom. The van der Waals surface area contributed by atoms with Gasteiger partial charge in [0.1, 0.15) is 5.75 Å². The molecule has 2 spiro atoms. The summed E-state index contributed by atoms with van der Waals surface area (Å²) in [5, 5.41) is 0. The van der Waals surface area contributed by atoms with E-state index in [1.54, 1.807) is 0 Å². The van der Waals surface area contributed by atoms with Gasteiger partial charge in [0.2, 0.25) is 17.5 Å². The zero-order valence-corrected chi connectivity index (χ0v) is 19.0. The van der Waals surface area contributed by atoms with Crippen LogP contribution < -0.4 is 10.5 Å². The fourth-order valence-corrected chi connectivity index (χ4v) is 7.48. The lowest BCUT2D eigenvalue weighted by Crippen LogP contribution is -2.59. The van der Waals surface area contributed by atoms with Crippen LogP contribution in [0.1, 0.15) is 82.1 Å². The first-order chi connectivity index (χ1) is 15.9. The van der Waals surface area contributed by atoms with Gasteiger partial charge in [-0.3, -0.25) is 9.59 Å². The lowest BCUT2D eigenvalue weighted by Gasteiger charge is -2.57. The monoisotopic (exact) mass is 455 g/mol. The second-order valence-corrected chi connectivity index (χ2v) is 11.0. The van der Waals surface area contributed by atoms with Crippen molar-refractivity contribution in [2.75, 3.05) is 0 Å². The first-order valence-corrected chi connectivity index (χ1v) is 12.6. The van der Waals surface area contributed by atoms with Crippen LogP contribution in [-0.2, 0) is 24.1 Å². The summed E-state index contributed by atoms with van der Waals surface area (Å²) in [4.78, 5) is 35.0. The average molecular weight is 456 g/mol. The minimum Gasteiger partial charge on any atom is -0.427 e. The molecule has 1 saturated heterocycles. The highest BCUT2D eigenvalue weighted by Gasteiger charge is 2.67. The summed E-state index contributed by atoms with van der Waals surface area (Å²) >= 11 is 0. The van der Waals surface area contributed by atoms with E-state index in [1.807, 2.05) is 24.3 Å². The standard InChI is InChI=1S/C26H33NO6/c27-23(28)7-8-24(29)30-22-5-3-18(4-6-22)19-2-1-9-25(15-19)31-26(33-32-25)20-11-16-10-17(13-20)14-21(26)12-16/h3-6,16-17,19-21H,1-2,7-15H2,(H2,27,28)/t16?,17?,19?,20?,21?,25-,26?/m1/s1. The normalized spacial score (nSPS) is 41.0. The topological polar surface area (TPSA) is 97.1 Å². The molecule has 7 heteroatoms. The molecular weight excluding hydrogens is 422 g/mol. The Balaban J connectivity index is 1.12. The summed E-state index contributed by atoms with van der Waals surface area (Å²) in [5.74, 6) is 1.27. The minimum absolute atomic E-state index is 0.00629. The number of amides is 1. The van der Waals surface area contributed by atoms with Crippen LogP contribution in [0.25, 0.3) is 0 Å². The third-order valence-corrected chi connectivity index (χ3v) is 8.77. The Morgan fingerprint density at radius 2 is 1.67 bits per heavy atom. The van der Waals surface area contributed by atoms with Crippen molar-refractivity contribution in [3.63, 3.8) is 0 Å². The Morgan fingerprint density at radius 1 is 0.970 bits per heavy atom. The van der Waals surface area contributed by atoms with Crippen LogP contribution in [0.4, 0.5) is 0 Å². The Kier molecular flexibility index (Phi) is 5.27. The van der Waals surface area contributed by atoms with Gasteiger partial charge in [0.25, 0.3) is 0 Å². The number of esters is 1. The third-order valence-electron chi connectivity index (χ3n) is 8.77. The lowest BCUT2D eigenvalue weighted by molar-refractivity contribution is -0.390. The van der Waals surface area contributed by atoms with Crippen LogP contribution >= 0.6 is 0 Å². The van der Waals surface area contributed by atoms with Gasteiger partial charge in [-0.05, 0) is 80.4 Å². The van der Waals surface area contributed by atoms with Crippen molar-refractivity contribution in [2.24, 2.45) is 29.4 Å². The maximum absolute atomic E-state index is 11.8. The predicted molar refractivity (Wildman–Crippen MR) is 117 cm³/mol. The zero-order chi connectivity index (χ0) is 22.6. The second-order valence-electron chi connectivity index (χ2n) is 11.0. The van der Waals surface area contributed by atoms with Crippen LogP contribution in [0.15, 0.2) is 24.3 Å². The van der Waals surface area contributed by atoms with Gasteiger partial charge in [-0.2, -0.15) is 9.78 Å². The van der Waals surface area contributed by atoms with E-state index in [2.05, 4.69) is 0 Å². The number of carbonyl (C=O) groups excluding carboxylic acids is 2. The minimum atomic E-state index is -0.655. The van der Waals surface area contributed by atoms with E-state index >= 15 is 0 Å². The Hall–Kier alpha value is -1.96. The number of ether oxygens (including phenoxy) is 2. The molecule has 0 radical (unpaired) electrons. The summed E-state index contributed by atoms with van der Waals surface area (Å²) in [7, 11) is 0. The number of primary amides is 1. The zero-order valence-electron chi connectivity index (χ0n) is 19.0. The van der Waals surface area contributed by atoms with Crippen molar-refractivity contribution in [1.82, 2.24) is 0 Å². The SMILES string of the molecule is NC(=O)CCC(=O)Oc1ccc(C2CCC[C@]3(C2)OOC2(O3)C3CC4CC(C3)CC2C4)cc1. The highest BCUT2D eigenvalue weighted by Crippen LogP contribution is 2.64. The number of nitrogens with two attached hydrogens (primary N) is 1. The number of carbonyl (C=O) groups is 2. The van der Waals surface area contributed by atoms with Crippen molar-refractivity contribution in [3.8, 4) is 5.75 Å². The first-order valence-electron chi connectivity index (χ1n) is 12.6. The Bertz CT molecular complexity index is 901. The summed E-state index contributed by atoms with van der Waals surface area (Å²) < 4.78 is 12.2. The molecule has 2 N–H and O–H groups in total. The fraction of sp³-hybridized carbons (Fsp3) is 0.692. The largest absolute Gasteiger partial charge is 0.427 e. The van der Waals surface area contributed by atoms with Crippen molar-refractivity contribution >= 4 is 11.9 Å². The summed E-state index contributed by atoms with van der Waals surface area (Å²) in [6.45, 7) is 0. The number of rotatable bonds is 5. The average Bonchev–Trinajstić information content (AvgIpc) is 3.15. The van der Waals surface area contributed by atoms with Crippen LogP contribution in [0.3, 0.4) is 0 Å². The van der Waals surface area contributed by atoms with Gasteiger partial charge in [-0.1, -0.05) is 12.1 Å². The van der Waals surface area contributed by atoms with Crippen molar-refractivity contribution in [2.45, 2.75) is 88.1 Å². The van der Waals surface area contributed by atoms with Crippen LogP contribution in [0.2, 0.25) is 0 Å². The second kappa shape index (κ2) is 8.07. The molecule has 1 heterocycles. The quantitative estimate of drug-likeness (QED) is 0.403. The van der Waals surface area contributed by atoms with Crippen molar-refractivity contribution in [3.05, 3.63) is 29.8 Å². The maximum atomic E-state index is 11.8. The maximum Gasteiger partial charge on any atom is 0.311 e. The molecule has 1 aromatic carbocycles. The molecule has 7 rings (SSSR count). The first kappa shape index (κ1) is 21.6. The van der Waals surface area contributed by atoms with E-state index in [9.17, 15) is 9.59 Å². The molecule has 1 aromatic rings. The summed E-state index contributed by atoms with van der Waals surface area (Å²) in [6.07, 6.45) is 9.98. The molecule has 1 aliphatic heterocycles. The molecule has 7 nitrogen and oxygen atoms in total. The van der Waals surface area contributed by atoms with Gasteiger partial charge in [0, 0.05) is 31.1 Å². The van der Waals surface area contributed by atoms with E-state index in [1.165, 1.54) is 37.7 Å². The summed E-state index contributed by atoms with van der Waals surface area (Å²) in [6, 6.07) is 7.64. The molecule has 6 aliphatic rings. The van der Waals surface area contributed by atoms with Gasteiger partial charge < -0.3 is 15.2 Å². The highest BCUT2D eigenvalue weighted by molar-refractivity contribution is 5.80. The van der Waals surface area contributed by atoms with Crippen molar-refractivity contribution in [1.29, 1.82) is 0 Å². The van der Waals surface area contributed by atoms with Gasteiger partial charge in [0.15, 0.2) is 0 Å². The highest BCUT2D eigenvalue weighted by atomic mass is 17.3. The molecule has 178 valence electrons. The van der Waals surface area contributed by atoms with E-state index in [0.29, 0.717) is 23.5 Å². The predicted octanol–water partition coefficient (Wildman–Crippen LogP) is 4.34. The molecule has 0 aromatic heterocycles. The van der Waals surface area contributed by atoms with Crippen LogP contribution in [0, 0.1) is 23.7 Å². The number of hydrogen-bond donors (Lipinski definition) is 1. The molecule has 1 amide bonds. The molecule has 5 saturated carbocycles. The molecule has 6 fully saturated rings. The van der Waals surface area contributed by atoms with Crippen LogP contribution in [0.5, 0.6) is 5.75 Å². The van der Waals surface area contributed by atoms with Crippen LogP contribution in [-0.4, -0.2) is 23.5 Å². The number of benzene rings is 1. The van der Waals surface area contributed by atoms with Crippen molar-refractivity contribution < 1.29 is 28.8 Å². The van der Waals surface area contributed by atoms with E-state index in [0.717, 1.165) is 37.5 Å². The fourth-order valence-electron chi connectivity index (χ4n) is 7.48. The van der Waals surface area contributed by atoms with Gasteiger partial charge in [0.05, 0.1) is 6.42 Å².